The maximum absolute atomic E-state index is 13.0. The average Bonchev–Trinajstić information content (AvgIpc) is 2.88. The molecule has 0 saturated carbocycles. The molecule has 1 aromatic carbocycles. The van der Waals surface area contributed by atoms with Gasteiger partial charge in [0.05, 0.1) is 12.0 Å². The van der Waals surface area contributed by atoms with Gasteiger partial charge in [0, 0.05) is 22.2 Å². The Morgan fingerprint density at radius 1 is 1.25 bits per heavy atom. The van der Waals surface area contributed by atoms with Gasteiger partial charge in [0.15, 0.2) is 11.5 Å². The third kappa shape index (κ3) is 2.09. The fourth-order valence-corrected chi connectivity index (χ4v) is 3.92. The molecular weight excluding hydrogens is 324 g/mol. The second-order valence-corrected chi connectivity index (χ2v) is 6.86. The van der Waals surface area contributed by atoms with Crippen molar-refractivity contribution < 1.29 is 5.11 Å². The number of aryl methyl sites for hydroxylation is 2. The summed E-state index contributed by atoms with van der Waals surface area (Å²) in [4.78, 5) is 19.5. The van der Waals surface area contributed by atoms with E-state index >= 15 is 0 Å². The normalized spacial score (nSPS) is 11.6. The molecule has 0 fully saturated rings. The second kappa shape index (κ2) is 5.54. The van der Waals surface area contributed by atoms with E-state index in [4.69, 9.17) is 10.1 Å². The van der Waals surface area contributed by atoms with Gasteiger partial charge in [-0.15, -0.1) is 16.4 Å². The lowest BCUT2D eigenvalue weighted by Gasteiger charge is -2.10. The van der Waals surface area contributed by atoms with E-state index in [2.05, 4.69) is 10.4 Å². The number of nitrogens with zero attached hydrogens (tertiary/aromatic N) is 3. The Balaban J connectivity index is 2.19. The number of rotatable bonds is 3. The number of hydrogen-bond donors (Lipinski definition) is 2. The summed E-state index contributed by atoms with van der Waals surface area (Å²) in [7, 11) is 0. The maximum Gasteiger partial charge on any atom is 0.283 e. The van der Waals surface area contributed by atoms with Gasteiger partial charge in [-0.05, 0) is 19.4 Å². The van der Waals surface area contributed by atoms with Crippen molar-refractivity contribution in [3.05, 3.63) is 45.1 Å². The Hall–Kier alpha value is -2.51. The van der Waals surface area contributed by atoms with Crippen molar-refractivity contribution in [1.29, 1.82) is 0 Å². The van der Waals surface area contributed by atoms with Gasteiger partial charge in [0.25, 0.3) is 5.56 Å². The molecule has 0 saturated heterocycles. The monoisotopic (exact) mass is 340 g/mol. The molecule has 3 heterocycles. The SMILES string of the molecule is Cc1sc2nc3c4ccccc4c(NCCO)nn3c(=O)c2c1C. The number of benzene rings is 1. The number of aliphatic hydroxyl groups is 1. The number of nitrogens with one attached hydrogen (secondary N) is 1. The van der Waals surface area contributed by atoms with Gasteiger partial charge >= 0.3 is 0 Å². The second-order valence-electron chi connectivity index (χ2n) is 5.66. The molecule has 122 valence electrons. The Labute approximate surface area is 141 Å². The molecular formula is C17H16N4O2S. The molecule has 7 heteroatoms. The lowest BCUT2D eigenvalue weighted by atomic mass is 10.1. The average molecular weight is 340 g/mol. The Morgan fingerprint density at radius 3 is 2.75 bits per heavy atom. The lowest BCUT2D eigenvalue weighted by Crippen LogP contribution is -2.20. The van der Waals surface area contributed by atoms with Crippen molar-refractivity contribution in [1.82, 2.24) is 14.6 Å². The third-order valence-electron chi connectivity index (χ3n) is 4.21. The topological polar surface area (TPSA) is 79.5 Å². The van der Waals surface area contributed by atoms with Crippen LogP contribution in [-0.2, 0) is 0 Å². The van der Waals surface area contributed by atoms with E-state index in [1.807, 2.05) is 38.1 Å². The van der Waals surface area contributed by atoms with Crippen LogP contribution in [0.1, 0.15) is 10.4 Å². The van der Waals surface area contributed by atoms with Crippen molar-refractivity contribution in [2.75, 3.05) is 18.5 Å². The number of hydrogen-bond acceptors (Lipinski definition) is 6. The molecule has 4 aromatic rings. The molecule has 0 unspecified atom stereocenters. The summed E-state index contributed by atoms with van der Waals surface area (Å²) in [6.45, 7) is 4.29. The number of aliphatic hydroxyl groups excluding tert-OH is 1. The van der Waals surface area contributed by atoms with Gasteiger partial charge < -0.3 is 10.4 Å². The van der Waals surface area contributed by atoms with E-state index in [-0.39, 0.29) is 12.2 Å². The molecule has 0 bridgehead atoms. The summed E-state index contributed by atoms with van der Waals surface area (Å²) in [5.41, 5.74) is 1.36. The maximum atomic E-state index is 13.0. The smallest absolute Gasteiger partial charge is 0.283 e. The molecule has 0 aliphatic heterocycles. The van der Waals surface area contributed by atoms with Crippen LogP contribution in [0, 0.1) is 13.8 Å². The van der Waals surface area contributed by atoms with Gasteiger partial charge in [-0.3, -0.25) is 4.79 Å². The van der Waals surface area contributed by atoms with Crippen LogP contribution >= 0.6 is 11.3 Å². The fourth-order valence-electron chi connectivity index (χ4n) is 2.90. The van der Waals surface area contributed by atoms with Gasteiger partial charge in [-0.1, -0.05) is 24.3 Å². The van der Waals surface area contributed by atoms with Crippen LogP contribution in [0.25, 0.3) is 26.6 Å². The molecule has 0 spiro atoms. The van der Waals surface area contributed by atoms with E-state index in [1.165, 1.54) is 15.9 Å². The molecule has 0 radical (unpaired) electrons. The summed E-state index contributed by atoms with van der Waals surface area (Å²) in [5, 5.41) is 19.0. The van der Waals surface area contributed by atoms with E-state index in [1.54, 1.807) is 0 Å². The van der Waals surface area contributed by atoms with Gasteiger partial charge in [-0.2, -0.15) is 4.52 Å². The molecule has 2 N–H and O–H groups in total. The summed E-state index contributed by atoms with van der Waals surface area (Å²) < 4.78 is 1.36. The van der Waals surface area contributed by atoms with E-state index < -0.39 is 0 Å². The first-order valence-corrected chi connectivity index (χ1v) is 8.49. The van der Waals surface area contributed by atoms with Crippen molar-refractivity contribution in [3.63, 3.8) is 0 Å². The largest absolute Gasteiger partial charge is 0.395 e. The molecule has 3 aromatic heterocycles. The van der Waals surface area contributed by atoms with Crippen molar-refractivity contribution in [2.45, 2.75) is 13.8 Å². The van der Waals surface area contributed by atoms with E-state index in [9.17, 15) is 4.79 Å². The van der Waals surface area contributed by atoms with Gasteiger partial charge in [0.1, 0.15) is 4.83 Å². The zero-order valence-corrected chi connectivity index (χ0v) is 14.1. The molecule has 24 heavy (non-hydrogen) atoms. The van der Waals surface area contributed by atoms with Crippen LogP contribution in [-0.4, -0.2) is 32.9 Å². The molecule has 4 rings (SSSR count). The minimum absolute atomic E-state index is 0.0109. The zero-order valence-electron chi connectivity index (χ0n) is 13.3. The molecule has 0 aliphatic rings. The number of fused-ring (bicyclic) bond motifs is 4. The van der Waals surface area contributed by atoms with Crippen molar-refractivity contribution in [3.8, 4) is 0 Å². The first kappa shape index (κ1) is 15.0. The number of aromatic nitrogens is 3. The third-order valence-corrected chi connectivity index (χ3v) is 5.31. The first-order chi connectivity index (χ1) is 11.6. The predicted molar refractivity (Wildman–Crippen MR) is 97.2 cm³/mol. The van der Waals surface area contributed by atoms with Crippen LogP contribution in [0.5, 0.6) is 0 Å². The standard InChI is InChI=1S/C17H16N4O2S/c1-9-10(2)24-16-13(9)17(23)21-15(19-16)12-6-4-3-5-11(12)14(20-21)18-7-8-22/h3-6,22H,7-8H2,1-2H3,(H,18,20). The highest BCUT2D eigenvalue weighted by molar-refractivity contribution is 7.18. The van der Waals surface area contributed by atoms with Gasteiger partial charge in [-0.25, -0.2) is 4.98 Å². The summed E-state index contributed by atoms with van der Waals surface area (Å²) in [5.74, 6) is 0.569. The highest BCUT2D eigenvalue weighted by Crippen LogP contribution is 2.29. The number of thiophene rings is 1. The molecule has 0 atom stereocenters. The number of anilines is 1. The minimum atomic E-state index is -0.158. The fraction of sp³-hybridized carbons (Fsp3) is 0.235. The molecule has 6 nitrogen and oxygen atoms in total. The molecule has 0 amide bonds. The highest BCUT2D eigenvalue weighted by atomic mass is 32.1. The minimum Gasteiger partial charge on any atom is -0.395 e. The lowest BCUT2D eigenvalue weighted by molar-refractivity contribution is 0.311. The van der Waals surface area contributed by atoms with Crippen LogP contribution in [0.3, 0.4) is 0 Å². The Morgan fingerprint density at radius 2 is 2.00 bits per heavy atom. The van der Waals surface area contributed by atoms with Crippen LogP contribution in [0.4, 0.5) is 5.82 Å². The Kier molecular flexibility index (Phi) is 3.47. The van der Waals surface area contributed by atoms with Crippen molar-refractivity contribution >= 4 is 43.8 Å². The van der Waals surface area contributed by atoms with Crippen LogP contribution in [0.15, 0.2) is 29.1 Å². The quantitative estimate of drug-likeness (QED) is 0.560. The van der Waals surface area contributed by atoms with E-state index in [0.29, 0.717) is 23.4 Å². The molecule has 0 aliphatic carbocycles. The Bertz CT molecular complexity index is 1150. The van der Waals surface area contributed by atoms with Gasteiger partial charge in [0.2, 0.25) is 0 Å². The highest BCUT2D eigenvalue weighted by Gasteiger charge is 2.16. The van der Waals surface area contributed by atoms with Crippen LogP contribution < -0.4 is 10.9 Å². The van der Waals surface area contributed by atoms with Crippen LogP contribution in [0.2, 0.25) is 0 Å². The van der Waals surface area contributed by atoms with Crippen molar-refractivity contribution in [2.24, 2.45) is 0 Å². The zero-order chi connectivity index (χ0) is 16.8. The van der Waals surface area contributed by atoms with E-state index in [0.717, 1.165) is 26.0 Å². The summed E-state index contributed by atoms with van der Waals surface area (Å²) >= 11 is 1.53. The first-order valence-electron chi connectivity index (χ1n) is 7.68. The summed E-state index contributed by atoms with van der Waals surface area (Å²) in [6.07, 6.45) is 0. The predicted octanol–water partition coefficient (Wildman–Crippen LogP) is 2.48. The summed E-state index contributed by atoms with van der Waals surface area (Å²) in [6, 6.07) is 7.70.